The molecule has 1 fully saturated rings. The third-order valence-corrected chi connectivity index (χ3v) is 3.49. The number of likely N-dealkylation sites (tertiary alicyclic amines) is 1. The van der Waals surface area contributed by atoms with Gasteiger partial charge in [-0.25, -0.2) is 0 Å². The van der Waals surface area contributed by atoms with Crippen molar-refractivity contribution in [2.24, 2.45) is 11.7 Å². The molecule has 1 aliphatic rings. The van der Waals surface area contributed by atoms with E-state index in [0.717, 1.165) is 17.5 Å². The van der Waals surface area contributed by atoms with Gasteiger partial charge in [0.25, 0.3) is 5.91 Å². The van der Waals surface area contributed by atoms with Gasteiger partial charge in [-0.05, 0) is 37.1 Å². The van der Waals surface area contributed by atoms with Crippen LogP contribution < -0.4 is 5.73 Å². The minimum absolute atomic E-state index is 0.0143. The van der Waals surface area contributed by atoms with Crippen molar-refractivity contribution in [1.29, 1.82) is 0 Å². The average Bonchev–Trinajstić information content (AvgIpc) is 2.92. The van der Waals surface area contributed by atoms with E-state index in [1.54, 1.807) is 4.90 Å². The maximum atomic E-state index is 12.5. The van der Waals surface area contributed by atoms with Crippen molar-refractivity contribution in [2.75, 3.05) is 26.2 Å². The lowest BCUT2D eigenvalue weighted by molar-refractivity contribution is 0.0781. The van der Waals surface area contributed by atoms with Gasteiger partial charge in [0, 0.05) is 36.7 Å². The van der Waals surface area contributed by atoms with Gasteiger partial charge in [0.15, 0.2) is 0 Å². The van der Waals surface area contributed by atoms with Crippen LogP contribution in [0.3, 0.4) is 0 Å². The molecule has 1 amide bonds. The number of rotatable bonds is 2. The van der Waals surface area contributed by atoms with Gasteiger partial charge in [-0.15, -0.1) is 0 Å². The molecule has 1 atom stereocenters. The highest BCUT2D eigenvalue weighted by Crippen LogP contribution is 2.19. The number of carbonyl (C=O) groups is 1. The fraction of sp³-hybridized carbons (Fsp3) is 0.438. The van der Waals surface area contributed by atoms with Crippen LogP contribution in [0.2, 0.25) is 0 Å². The molecular formula is C16H20N2O2. The first-order valence-electron chi connectivity index (χ1n) is 6.85. The van der Waals surface area contributed by atoms with Gasteiger partial charge in [-0.3, -0.25) is 4.79 Å². The molecule has 1 heterocycles. The summed E-state index contributed by atoms with van der Waals surface area (Å²) in [7, 11) is 0. The molecule has 1 aromatic rings. The van der Waals surface area contributed by atoms with Crippen molar-refractivity contribution in [3.8, 4) is 11.8 Å². The average molecular weight is 272 g/mol. The minimum Gasteiger partial charge on any atom is -0.396 e. The van der Waals surface area contributed by atoms with Crippen molar-refractivity contribution < 1.29 is 9.90 Å². The van der Waals surface area contributed by atoms with Gasteiger partial charge in [-0.2, -0.15) is 0 Å². The Morgan fingerprint density at radius 3 is 2.95 bits per heavy atom. The number of hydrogen-bond donors (Lipinski definition) is 2. The summed E-state index contributed by atoms with van der Waals surface area (Å²) in [5.74, 6) is 5.99. The molecular weight excluding hydrogens is 252 g/mol. The predicted octanol–water partition coefficient (Wildman–Crippen LogP) is 0.760. The zero-order valence-electron chi connectivity index (χ0n) is 11.7. The topological polar surface area (TPSA) is 66.6 Å². The Morgan fingerprint density at radius 1 is 1.50 bits per heavy atom. The molecule has 0 aliphatic carbocycles. The lowest BCUT2D eigenvalue weighted by Gasteiger charge is -2.16. The summed E-state index contributed by atoms with van der Waals surface area (Å²) >= 11 is 0. The number of aliphatic hydroxyl groups excluding tert-OH is 1. The number of nitrogens with two attached hydrogens (primary N) is 1. The van der Waals surface area contributed by atoms with E-state index in [9.17, 15) is 4.79 Å². The van der Waals surface area contributed by atoms with Crippen LogP contribution in [-0.4, -0.2) is 42.2 Å². The molecule has 1 unspecified atom stereocenters. The van der Waals surface area contributed by atoms with Crippen LogP contribution in [-0.2, 0) is 0 Å². The monoisotopic (exact) mass is 272 g/mol. The molecule has 106 valence electrons. The second-order valence-corrected chi connectivity index (χ2v) is 5.18. The van der Waals surface area contributed by atoms with E-state index in [-0.39, 0.29) is 18.4 Å². The van der Waals surface area contributed by atoms with E-state index < -0.39 is 0 Å². The van der Waals surface area contributed by atoms with Gasteiger partial charge in [0.2, 0.25) is 0 Å². The largest absolute Gasteiger partial charge is 0.396 e. The molecule has 4 nitrogen and oxygen atoms in total. The van der Waals surface area contributed by atoms with Crippen molar-refractivity contribution >= 4 is 5.91 Å². The van der Waals surface area contributed by atoms with E-state index in [2.05, 4.69) is 11.8 Å². The van der Waals surface area contributed by atoms with Gasteiger partial charge >= 0.3 is 0 Å². The molecule has 0 aromatic heterocycles. The first-order valence-corrected chi connectivity index (χ1v) is 6.85. The Morgan fingerprint density at radius 2 is 2.30 bits per heavy atom. The van der Waals surface area contributed by atoms with Gasteiger partial charge in [0.05, 0.1) is 6.54 Å². The zero-order valence-corrected chi connectivity index (χ0v) is 11.7. The maximum Gasteiger partial charge on any atom is 0.253 e. The molecule has 0 saturated carbocycles. The second kappa shape index (κ2) is 6.56. The number of amides is 1. The number of carbonyl (C=O) groups excluding carboxylic acids is 1. The highest BCUT2D eigenvalue weighted by molar-refractivity contribution is 5.95. The second-order valence-electron chi connectivity index (χ2n) is 5.18. The molecule has 4 heteroatoms. The molecule has 0 bridgehead atoms. The number of aliphatic hydroxyl groups is 1. The van der Waals surface area contributed by atoms with Crippen LogP contribution in [0, 0.1) is 24.7 Å². The first-order chi connectivity index (χ1) is 9.63. The molecule has 0 spiro atoms. The Hall–Kier alpha value is -1.83. The quantitative estimate of drug-likeness (QED) is 0.781. The molecule has 1 aromatic carbocycles. The summed E-state index contributed by atoms with van der Waals surface area (Å²) in [4.78, 5) is 14.3. The van der Waals surface area contributed by atoms with Crippen LogP contribution in [0.1, 0.15) is 27.9 Å². The third-order valence-electron chi connectivity index (χ3n) is 3.49. The third kappa shape index (κ3) is 3.38. The summed E-state index contributed by atoms with van der Waals surface area (Å²) in [5.41, 5.74) is 7.85. The van der Waals surface area contributed by atoms with Crippen LogP contribution in [0.25, 0.3) is 0 Å². The fourth-order valence-corrected chi connectivity index (χ4v) is 2.48. The van der Waals surface area contributed by atoms with Crippen LogP contribution in [0.15, 0.2) is 18.2 Å². The van der Waals surface area contributed by atoms with Gasteiger partial charge < -0.3 is 15.7 Å². The molecule has 3 N–H and O–H groups in total. The maximum absolute atomic E-state index is 12.5. The lowest BCUT2D eigenvalue weighted by Crippen LogP contribution is -2.29. The highest BCUT2D eigenvalue weighted by atomic mass is 16.3. The number of aryl methyl sites for hydroxylation is 1. The highest BCUT2D eigenvalue weighted by Gasteiger charge is 2.26. The van der Waals surface area contributed by atoms with E-state index >= 15 is 0 Å². The standard InChI is InChI=1S/C16H20N2O2/c1-12-7-13(3-2-5-17)9-15(8-12)16(20)18-6-4-14(10-18)11-19/h7-9,14,19H,4-6,10-11,17H2,1H3. The summed E-state index contributed by atoms with van der Waals surface area (Å²) in [6, 6.07) is 5.63. The van der Waals surface area contributed by atoms with E-state index in [0.29, 0.717) is 25.2 Å². The SMILES string of the molecule is Cc1cc(C#CCN)cc(C(=O)N2CCC(CO)C2)c1. The zero-order chi connectivity index (χ0) is 14.5. The van der Waals surface area contributed by atoms with Gasteiger partial charge in [0.1, 0.15) is 0 Å². The summed E-state index contributed by atoms with van der Waals surface area (Å²) in [6.45, 7) is 3.74. The summed E-state index contributed by atoms with van der Waals surface area (Å²) < 4.78 is 0. The Labute approximate surface area is 119 Å². The molecule has 20 heavy (non-hydrogen) atoms. The molecule has 0 radical (unpaired) electrons. The minimum atomic E-state index is 0.0143. The van der Waals surface area contributed by atoms with Gasteiger partial charge in [-0.1, -0.05) is 11.8 Å². The van der Waals surface area contributed by atoms with Crippen molar-refractivity contribution in [2.45, 2.75) is 13.3 Å². The smallest absolute Gasteiger partial charge is 0.253 e. The van der Waals surface area contributed by atoms with Crippen molar-refractivity contribution in [3.05, 3.63) is 34.9 Å². The van der Waals surface area contributed by atoms with Crippen molar-refractivity contribution in [1.82, 2.24) is 4.90 Å². The van der Waals surface area contributed by atoms with Crippen LogP contribution in [0.4, 0.5) is 0 Å². The normalized spacial score (nSPS) is 17.8. The first kappa shape index (κ1) is 14.6. The van der Waals surface area contributed by atoms with E-state index in [1.807, 2.05) is 25.1 Å². The lowest BCUT2D eigenvalue weighted by atomic mass is 10.1. The number of hydrogen-bond acceptors (Lipinski definition) is 3. The predicted molar refractivity (Wildman–Crippen MR) is 78.2 cm³/mol. The number of nitrogens with zero attached hydrogens (tertiary/aromatic N) is 1. The molecule has 1 saturated heterocycles. The summed E-state index contributed by atoms with van der Waals surface area (Å²) in [6.07, 6.45) is 0.869. The number of benzene rings is 1. The Kier molecular flexibility index (Phi) is 4.78. The van der Waals surface area contributed by atoms with Crippen LogP contribution in [0.5, 0.6) is 0 Å². The van der Waals surface area contributed by atoms with Crippen LogP contribution >= 0.6 is 0 Å². The van der Waals surface area contributed by atoms with E-state index in [4.69, 9.17) is 10.8 Å². The van der Waals surface area contributed by atoms with E-state index in [1.165, 1.54) is 0 Å². The molecule has 1 aliphatic heterocycles. The molecule has 2 rings (SSSR count). The Balaban J connectivity index is 2.19. The van der Waals surface area contributed by atoms with Crippen molar-refractivity contribution in [3.63, 3.8) is 0 Å². The summed E-state index contributed by atoms with van der Waals surface area (Å²) in [5, 5.41) is 9.15. The Bertz CT molecular complexity index is 557. The fourth-order valence-electron chi connectivity index (χ4n) is 2.48.